The highest BCUT2D eigenvalue weighted by molar-refractivity contribution is 5.68. The Hall–Kier alpha value is -0.610. The molecule has 1 rings (SSSR count). The zero-order valence-electron chi connectivity index (χ0n) is 11.1. The Morgan fingerprint density at radius 3 is 2.76 bits per heavy atom. The summed E-state index contributed by atoms with van der Waals surface area (Å²) in [5.74, 6) is -0.152. The van der Waals surface area contributed by atoms with Crippen molar-refractivity contribution >= 4 is 5.97 Å². The lowest BCUT2D eigenvalue weighted by Crippen LogP contribution is -2.45. The van der Waals surface area contributed by atoms with Gasteiger partial charge in [-0.15, -0.1) is 0 Å². The van der Waals surface area contributed by atoms with Crippen molar-refractivity contribution in [3.63, 3.8) is 0 Å². The lowest BCUT2D eigenvalue weighted by molar-refractivity contribution is -0.136. The van der Waals surface area contributed by atoms with E-state index in [1.165, 1.54) is 32.2 Å². The highest BCUT2D eigenvalue weighted by Crippen LogP contribution is 2.20. The van der Waals surface area contributed by atoms with Crippen LogP contribution in [0, 0.1) is 5.92 Å². The summed E-state index contributed by atoms with van der Waals surface area (Å²) in [6.45, 7) is 7.76. The van der Waals surface area contributed by atoms with Crippen LogP contribution in [0.1, 0.15) is 39.5 Å². The average Bonchev–Trinajstić information content (AvgIpc) is 2.31. The zero-order chi connectivity index (χ0) is 12.7. The molecule has 0 spiro atoms. The third-order valence-corrected chi connectivity index (χ3v) is 3.72. The van der Waals surface area contributed by atoms with E-state index in [1.54, 1.807) is 0 Å². The minimum Gasteiger partial charge on any atom is -0.480 e. The topological polar surface area (TPSA) is 52.6 Å². The molecule has 4 nitrogen and oxygen atoms in total. The van der Waals surface area contributed by atoms with Gasteiger partial charge in [0.2, 0.25) is 0 Å². The number of rotatable bonds is 7. The lowest BCUT2D eigenvalue weighted by atomic mass is 9.95. The summed E-state index contributed by atoms with van der Waals surface area (Å²) in [6, 6.07) is 0.706. The van der Waals surface area contributed by atoms with Crippen molar-refractivity contribution in [2.75, 3.05) is 26.2 Å². The normalized spacial score (nSPS) is 21.9. The second kappa shape index (κ2) is 7.67. The highest BCUT2D eigenvalue weighted by Gasteiger charge is 2.23. The van der Waals surface area contributed by atoms with Gasteiger partial charge < -0.3 is 15.3 Å². The van der Waals surface area contributed by atoms with E-state index >= 15 is 0 Å². The second-order valence-electron chi connectivity index (χ2n) is 5.00. The molecule has 1 fully saturated rings. The van der Waals surface area contributed by atoms with Crippen LogP contribution in [0.5, 0.6) is 0 Å². The standard InChI is InChI=1S/C13H26N2O2/c1-3-12(4-2)15-7-5-6-11(10-15)8-14-9-13(16)17/h11-12,14H,3-10H2,1-2H3,(H,16,17). The van der Waals surface area contributed by atoms with Crippen molar-refractivity contribution in [2.45, 2.75) is 45.6 Å². The lowest BCUT2D eigenvalue weighted by Gasteiger charge is -2.37. The van der Waals surface area contributed by atoms with Crippen LogP contribution in [0.25, 0.3) is 0 Å². The third kappa shape index (κ3) is 5.04. The molecule has 100 valence electrons. The first-order valence-electron chi connectivity index (χ1n) is 6.83. The van der Waals surface area contributed by atoms with Gasteiger partial charge in [-0.2, -0.15) is 0 Å². The molecule has 1 saturated heterocycles. The van der Waals surface area contributed by atoms with E-state index < -0.39 is 5.97 Å². The van der Waals surface area contributed by atoms with Crippen LogP contribution in [-0.2, 0) is 4.79 Å². The molecule has 0 aromatic heterocycles. The molecule has 0 aromatic rings. The number of aliphatic carboxylic acids is 1. The number of carboxylic acids is 1. The third-order valence-electron chi connectivity index (χ3n) is 3.72. The molecule has 1 heterocycles. The van der Waals surface area contributed by atoms with Crippen molar-refractivity contribution in [1.29, 1.82) is 0 Å². The molecule has 0 bridgehead atoms. The van der Waals surface area contributed by atoms with Crippen LogP contribution in [-0.4, -0.2) is 48.2 Å². The van der Waals surface area contributed by atoms with Crippen molar-refractivity contribution < 1.29 is 9.90 Å². The van der Waals surface area contributed by atoms with Crippen LogP contribution in [0.15, 0.2) is 0 Å². The van der Waals surface area contributed by atoms with Gasteiger partial charge in [-0.3, -0.25) is 4.79 Å². The first-order chi connectivity index (χ1) is 8.17. The first kappa shape index (κ1) is 14.5. The number of nitrogens with zero attached hydrogens (tertiary/aromatic N) is 1. The second-order valence-corrected chi connectivity index (χ2v) is 5.00. The maximum atomic E-state index is 10.4. The molecule has 0 amide bonds. The van der Waals surface area contributed by atoms with Crippen LogP contribution in [0.3, 0.4) is 0 Å². The fourth-order valence-corrected chi connectivity index (χ4v) is 2.78. The Morgan fingerprint density at radius 2 is 2.18 bits per heavy atom. The van der Waals surface area contributed by atoms with E-state index in [1.807, 2.05) is 0 Å². The number of nitrogens with one attached hydrogen (secondary N) is 1. The number of hydrogen-bond acceptors (Lipinski definition) is 3. The Bertz CT molecular complexity index is 229. The predicted molar refractivity (Wildman–Crippen MR) is 69.2 cm³/mol. The van der Waals surface area contributed by atoms with Crippen LogP contribution in [0.4, 0.5) is 0 Å². The monoisotopic (exact) mass is 242 g/mol. The number of carboxylic acid groups (broad SMARTS) is 1. The Balaban J connectivity index is 2.30. The molecule has 0 aromatic carbocycles. The summed E-state index contributed by atoms with van der Waals surface area (Å²) in [5, 5.41) is 11.6. The summed E-state index contributed by atoms with van der Waals surface area (Å²) in [7, 11) is 0. The van der Waals surface area contributed by atoms with Gasteiger partial charge in [0, 0.05) is 12.6 Å². The molecule has 17 heavy (non-hydrogen) atoms. The number of carbonyl (C=O) groups is 1. The fraction of sp³-hybridized carbons (Fsp3) is 0.923. The maximum Gasteiger partial charge on any atom is 0.317 e. The molecule has 1 unspecified atom stereocenters. The molecule has 1 aliphatic heterocycles. The molecule has 2 N–H and O–H groups in total. The van der Waals surface area contributed by atoms with Crippen molar-refractivity contribution in [2.24, 2.45) is 5.92 Å². The minimum atomic E-state index is -0.766. The largest absolute Gasteiger partial charge is 0.480 e. The molecule has 1 atom stereocenters. The van der Waals surface area contributed by atoms with Crippen molar-refractivity contribution in [1.82, 2.24) is 10.2 Å². The van der Waals surface area contributed by atoms with E-state index in [0.29, 0.717) is 12.0 Å². The van der Waals surface area contributed by atoms with Crippen LogP contribution >= 0.6 is 0 Å². The van der Waals surface area contributed by atoms with Gasteiger partial charge in [0.15, 0.2) is 0 Å². The van der Waals surface area contributed by atoms with Gasteiger partial charge in [-0.05, 0) is 44.7 Å². The van der Waals surface area contributed by atoms with Gasteiger partial charge in [-0.25, -0.2) is 0 Å². The minimum absolute atomic E-state index is 0.0848. The quantitative estimate of drug-likeness (QED) is 0.711. The Kier molecular flexibility index (Phi) is 6.52. The summed E-state index contributed by atoms with van der Waals surface area (Å²) in [4.78, 5) is 13.0. The summed E-state index contributed by atoms with van der Waals surface area (Å²) in [5.41, 5.74) is 0. The molecule has 0 saturated carbocycles. The smallest absolute Gasteiger partial charge is 0.317 e. The molecular weight excluding hydrogens is 216 g/mol. The number of likely N-dealkylation sites (tertiary alicyclic amines) is 1. The fourth-order valence-electron chi connectivity index (χ4n) is 2.78. The molecular formula is C13H26N2O2. The number of hydrogen-bond donors (Lipinski definition) is 2. The average molecular weight is 242 g/mol. The highest BCUT2D eigenvalue weighted by atomic mass is 16.4. The van der Waals surface area contributed by atoms with Gasteiger partial charge in [-0.1, -0.05) is 13.8 Å². The van der Waals surface area contributed by atoms with Gasteiger partial charge in [0.1, 0.15) is 0 Å². The first-order valence-corrected chi connectivity index (χ1v) is 6.83. The number of piperidine rings is 1. The Labute approximate surface area is 104 Å². The summed E-state index contributed by atoms with van der Waals surface area (Å²) < 4.78 is 0. The molecule has 4 heteroatoms. The van der Waals surface area contributed by atoms with E-state index in [2.05, 4.69) is 24.1 Å². The summed E-state index contributed by atoms with van der Waals surface area (Å²) in [6.07, 6.45) is 4.90. The van der Waals surface area contributed by atoms with Gasteiger partial charge >= 0.3 is 5.97 Å². The van der Waals surface area contributed by atoms with E-state index in [9.17, 15) is 4.79 Å². The SMILES string of the molecule is CCC(CC)N1CCCC(CNCC(=O)O)C1. The zero-order valence-corrected chi connectivity index (χ0v) is 11.1. The van der Waals surface area contributed by atoms with E-state index in [-0.39, 0.29) is 6.54 Å². The molecule has 1 aliphatic rings. The van der Waals surface area contributed by atoms with Crippen LogP contribution < -0.4 is 5.32 Å². The Morgan fingerprint density at radius 1 is 1.47 bits per heavy atom. The molecule has 0 radical (unpaired) electrons. The van der Waals surface area contributed by atoms with E-state index in [0.717, 1.165) is 13.1 Å². The van der Waals surface area contributed by atoms with E-state index in [4.69, 9.17) is 5.11 Å². The predicted octanol–water partition coefficient (Wildman–Crippen LogP) is 1.56. The van der Waals surface area contributed by atoms with Crippen molar-refractivity contribution in [3.8, 4) is 0 Å². The maximum absolute atomic E-state index is 10.4. The van der Waals surface area contributed by atoms with Gasteiger partial charge in [0.25, 0.3) is 0 Å². The van der Waals surface area contributed by atoms with Crippen molar-refractivity contribution in [3.05, 3.63) is 0 Å². The molecule has 0 aliphatic carbocycles. The summed E-state index contributed by atoms with van der Waals surface area (Å²) >= 11 is 0. The van der Waals surface area contributed by atoms with Gasteiger partial charge in [0.05, 0.1) is 6.54 Å². The van der Waals surface area contributed by atoms with Crippen LogP contribution in [0.2, 0.25) is 0 Å².